The number of hydrogen-bond acceptors (Lipinski definition) is 2. The zero-order valence-electron chi connectivity index (χ0n) is 11.7. The van der Waals surface area contributed by atoms with Gasteiger partial charge in [-0.25, -0.2) is 0 Å². The molecule has 1 amide bonds. The SMILES string of the molecule is Cc1cc(Br)c(NC(=O)CCNC(C)(C)C)c(Br)c1. The third kappa shape index (κ3) is 6.06. The Hall–Kier alpha value is -0.390. The highest BCUT2D eigenvalue weighted by molar-refractivity contribution is 9.11. The van der Waals surface area contributed by atoms with Gasteiger partial charge in [-0.05, 0) is 77.3 Å². The third-order valence-corrected chi connectivity index (χ3v) is 3.71. The molecule has 0 atom stereocenters. The van der Waals surface area contributed by atoms with Gasteiger partial charge in [0.1, 0.15) is 0 Å². The summed E-state index contributed by atoms with van der Waals surface area (Å²) < 4.78 is 1.77. The quantitative estimate of drug-likeness (QED) is 0.805. The van der Waals surface area contributed by atoms with Gasteiger partial charge in [-0.3, -0.25) is 4.79 Å². The van der Waals surface area contributed by atoms with Crippen LogP contribution in [0.1, 0.15) is 32.8 Å². The highest BCUT2D eigenvalue weighted by Crippen LogP contribution is 2.32. The summed E-state index contributed by atoms with van der Waals surface area (Å²) in [7, 11) is 0. The molecule has 1 aromatic carbocycles. The molecule has 0 aliphatic carbocycles. The van der Waals surface area contributed by atoms with E-state index < -0.39 is 0 Å². The normalized spacial score (nSPS) is 11.5. The van der Waals surface area contributed by atoms with Crippen molar-refractivity contribution in [3.8, 4) is 0 Å². The number of carbonyl (C=O) groups excluding carboxylic acids is 1. The molecule has 0 heterocycles. The summed E-state index contributed by atoms with van der Waals surface area (Å²) in [6, 6.07) is 3.96. The van der Waals surface area contributed by atoms with E-state index in [0.717, 1.165) is 20.2 Å². The summed E-state index contributed by atoms with van der Waals surface area (Å²) in [5.41, 5.74) is 1.95. The summed E-state index contributed by atoms with van der Waals surface area (Å²) in [5, 5.41) is 6.21. The van der Waals surface area contributed by atoms with Crippen LogP contribution < -0.4 is 10.6 Å². The molecule has 1 aromatic rings. The fourth-order valence-corrected chi connectivity index (χ4v) is 3.19. The average molecular weight is 392 g/mol. The van der Waals surface area contributed by atoms with E-state index in [1.54, 1.807) is 0 Å². The fraction of sp³-hybridized carbons (Fsp3) is 0.500. The summed E-state index contributed by atoms with van der Waals surface area (Å²) in [4.78, 5) is 11.9. The summed E-state index contributed by atoms with van der Waals surface area (Å²) >= 11 is 6.93. The molecule has 0 radical (unpaired) electrons. The standard InChI is InChI=1S/C14H20Br2N2O/c1-9-7-10(15)13(11(16)8-9)18-12(19)5-6-17-14(2,3)4/h7-8,17H,5-6H2,1-4H3,(H,18,19). The van der Waals surface area contributed by atoms with Crippen LogP contribution in [0.15, 0.2) is 21.1 Å². The van der Waals surface area contributed by atoms with Gasteiger partial charge in [-0.1, -0.05) is 0 Å². The maximum Gasteiger partial charge on any atom is 0.225 e. The van der Waals surface area contributed by atoms with Crippen molar-refractivity contribution in [2.45, 2.75) is 39.7 Å². The smallest absolute Gasteiger partial charge is 0.225 e. The Labute approximate surface area is 131 Å². The first-order valence-corrected chi connectivity index (χ1v) is 7.78. The number of amides is 1. The van der Waals surface area contributed by atoms with Gasteiger partial charge >= 0.3 is 0 Å². The molecule has 0 bridgehead atoms. The molecule has 19 heavy (non-hydrogen) atoms. The van der Waals surface area contributed by atoms with E-state index in [-0.39, 0.29) is 11.4 Å². The van der Waals surface area contributed by atoms with E-state index in [4.69, 9.17) is 0 Å². The lowest BCUT2D eigenvalue weighted by Gasteiger charge is -2.20. The average Bonchev–Trinajstić information content (AvgIpc) is 2.21. The Balaban J connectivity index is 2.58. The molecule has 0 fully saturated rings. The first kappa shape index (κ1) is 16.7. The van der Waals surface area contributed by atoms with Gasteiger partial charge in [0.25, 0.3) is 0 Å². The monoisotopic (exact) mass is 390 g/mol. The molecule has 0 saturated carbocycles. The summed E-state index contributed by atoms with van der Waals surface area (Å²) in [6.07, 6.45) is 0.448. The van der Waals surface area contributed by atoms with Crippen LogP contribution in [0.4, 0.5) is 5.69 Å². The number of benzene rings is 1. The maximum absolute atomic E-state index is 11.9. The number of halogens is 2. The van der Waals surface area contributed by atoms with Gasteiger partial charge < -0.3 is 10.6 Å². The zero-order valence-corrected chi connectivity index (χ0v) is 14.9. The highest BCUT2D eigenvalue weighted by Gasteiger charge is 2.12. The van der Waals surface area contributed by atoms with Crippen LogP contribution in [0.25, 0.3) is 0 Å². The summed E-state index contributed by atoms with van der Waals surface area (Å²) in [5.74, 6) is 0.00185. The molecule has 5 heteroatoms. The van der Waals surface area contributed by atoms with Gasteiger partial charge in [-0.2, -0.15) is 0 Å². The van der Waals surface area contributed by atoms with Gasteiger partial charge in [-0.15, -0.1) is 0 Å². The number of nitrogens with one attached hydrogen (secondary N) is 2. The second-order valence-corrected chi connectivity index (χ2v) is 7.29. The van der Waals surface area contributed by atoms with E-state index in [1.807, 2.05) is 19.1 Å². The number of rotatable bonds is 4. The Morgan fingerprint density at radius 3 is 2.21 bits per heavy atom. The van der Waals surface area contributed by atoms with Crippen LogP contribution in [0, 0.1) is 6.92 Å². The summed E-state index contributed by atoms with van der Waals surface area (Å²) in [6.45, 7) is 8.92. The fourth-order valence-electron chi connectivity index (χ4n) is 1.57. The Morgan fingerprint density at radius 2 is 1.74 bits per heavy atom. The lowest BCUT2D eigenvalue weighted by Crippen LogP contribution is -2.37. The molecule has 0 aliphatic heterocycles. The molecule has 3 nitrogen and oxygen atoms in total. The number of hydrogen-bond donors (Lipinski definition) is 2. The molecule has 0 spiro atoms. The van der Waals surface area contributed by atoms with Crippen LogP contribution >= 0.6 is 31.9 Å². The molecule has 1 rings (SSSR count). The molecule has 2 N–H and O–H groups in total. The second-order valence-electron chi connectivity index (χ2n) is 5.58. The van der Waals surface area contributed by atoms with Crippen molar-refractivity contribution >= 4 is 43.5 Å². The molecule has 106 valence electrons. The van der Waals surface area contributed by atoms with Crippen LogP contribution in [-0.4, -0.2) is 18.0 Å². The van der Waals surface area contributed by atoms with E-state index >= 15 is 0 Å². The van der Waals surface area contributed by atoms with Crippen molar-refractivity contribution in [1.82, 2.24) is 5.32 Å². The molecular weight excluding hydrogens is 372 g/mol. The molecular formula is C14H20Br2N2O. The first-order valence-electron chi connectivity index (χ1n) is 6.19. The van der Waals surface area contributed by atoms with Crippen molar-refractivity contribution in [3.05, 3.63) is 26.6 Å². The van der Waals surface area contributed by atoms with Crippen LogP contribution in [0.2, 0.25) is 0 Å². The lowest BCUT2D eigenvalue weighted by atomic mass is 10.1. The Bertz CT molecular complexity index is 444. The van der Waals surface area contributed by atoms with Crippen LogP contribution in [0.5, 0.6) is 0 Å². The molecule has 0 unspecified atom stereocenters. The Morgan fingerprint density at radius 1 is 1.21 bits per heavy atom. The van der Waals surface area contributed by atoms with Crippen molar-refractivity contribution in [1.29, 1.82) is 0 Å². The van der Waals surface area contributed by atoms with E-state index in [2.05, 4.69) is 63.3 Å². The van der Waals surface area contributed by atoms with Crippen molar-refractivity contribution in [2.75, 3.05) is 11.9 Å². The van der Waals surface area contributed by atoms with Gasteiger partial charge in [0.2, 0.25) is 5.91 Å². The molecule has 0 saturated heterocycles. The molecule has 0 aromatic heterocycles. The van der Waals surface area contributed by atoms with Crippen molar-refractivity contribution in [3.63, 3.8) is 0 Å². The van der Waals surface area contributed by atoms with E-state index in [9.17, 15) is 4.79 Å². The molecule has 0 aliphatic rings. The Kier molecular flexibility index (Phi) is 6.02. The van der Waals surface area contributed by atoms with E-state index in [0.29, 0.717) is 13.0 Å². The number of aryl methyl sites for hydroxylation is 1. The number of anilines is 1. The highest BCUT2D eigenvalue weighted by atomic mass is 79.9. The second kappa shape index (κ2) is 6.86. The predicted molar refractivity (Wildman–Crippen MR) is 87.6 cm³/mol. The van der Waals surface area contributed by atoms with Crippen LogP contribution in [-0.2, 0) is 4.79 Å². The van der Waals surface area contributed by atoms with Gasteiger partial charge in [0, 0.05) is 27.4 Å². The predicted octanol–water partition coefficient (Wildman–Crippen LogP) is 4.24. The maximum atomic E-state index is 11.9. The number of carbonyl (C=O) groups is 1. The largest absolute Gasteiger partial charge is 0.324 e. The van der Waals surface area contributed by atoms with Crippen molar-refractivity contribution in [2.24, 2.45) is 0 Å². The van der Waals surface area contributed by atoms with Gasteiger partial charge in [0.15, 0.2) is 0 Å². The zero-order chi connectivity index (χ0) is 14.6. The third-order valence-electron chi connectivity index (χ3n) is 2.46. The van der Waals surface area contributed by atoms with Gasteiger partial charge in [0.05, 0.1) is 5.69 Å². The minimum Gasteiger partial charge on any atom is -0.324 e. The minimum atomic E-state index is 0.00185. The first-order chi connectivity index (χ1) is 8.69. The van der Waals surface area contributed by atoms with Crippen LogP contribution in [0.3, 0.4) is 0 Å². The van der Waals surface area contributed by atoms with E-state index in [1.165, 1.54) is 0 Å². The lowest BCUT2D eigenvalue weighted by molar-refractivity contribution is -0.116. The van der Waals surface area contributed by atoms with Crippen molar-refractivity contribution < 1.29 is 4.79 Å². The minimum absolute atomic E-state index is 0.00185. The topological polar surface area (TPSA) is 41.1 Å².